The van der Waals surface area contributed by atoms with Crippen molar-refractivity contribution in [3.8, 4) is 0 Å². The summed E-state index contributed by atoms with van der Waals surface area (Å²) in [5.41, 5.74) is 0. The molecule has 2 amide bonds. The van der Waals surface area contributed by atoms with Crippen LogP contribution in [0.1, 0.15) is 86.0 Å². The van der Waals surface area contributed by atoms with Gasteiger partial charge >= 0.3 is 0 Å². The summed E-state index contributed by atoms with van der Waals surface area (Å²) in [6.07, 6.45) is 8.35. The van der Waals surface area contributed by atoms with E-state index in [1.165, 1.54) is 12.8 Å². The Morgan fingerprint density at radius 2 is 1.62 bits per heavy atom. The van der Waals surface area contributed by atoms with E-state index in [9.17, 15) is 9.59 Å². The van der Waals surface area contributed by atoms with Crippen LogP contribution in [-0.4, -0.2) is 23.9 Å². The van der Waals surface area contributed by atoms with Crippen LogP contribution in [0, 0.1) is 29.6 Å². The van der Waals surface area contributed by atoms with Crippen molar-refractivity contribution in [1.82, 2.24) is 10.6 Å². The van der Waals surface area contributed by atoms with Crippen molar-refractivity contribution in [3.05, 3.63) is 0 Å². The third kappa shape index (κ3) is 5.99. The minimum atomic E-state index is -0.397. The molecule has 4 atom stereocenters. The van der Waals surface area contributed by atoms with Gasteiger partial charge < -0.3 is 10.6 Å². The Kier molecular flexibility index (Phi) is 7.97. The standard InChI is InChI=1S/C22H40N2O2/c1-14(2)13-20(24-21(25)18-11-9-15(3)10-12-18)22(26)23-19-8-6-7-16(4)17(19)5/h14-20H,6-13H2,1-5H3,(H,23,26)(H,24,25)/t15?,16-,17-,18?,19+,20-/m0/s1. The summed E-state index contributed by atoms with van der Waals surface area (Å²) in [5, 5.41) is 6.36. The molecule has 26 heavy (non-hydrogen) atoms. The Hall–Kier alpha value is -1.06. The first kappa shape index (κ1) is 21.2. The van der Waals surface area contributed by atoms with Crippen LogP contribution in [0.5, 0.6) is 0 Å². The molecular weight excluding hydrogens is 324 g/mol. The summed E-state index contributed by atoms with van der Waals surface area (Å²) < 4.78 is 0. The second-order valence-corrected chi connectivity index (χ2v) is 9.53. The molecular formula is C22H40N2O2. The highest BCUT2D eigenvalue weighted by Crippen LogP contribution is 2.30. The first-order valence-corrected chi connectivity index (χ1v) is 10.9. The van der Waals surface area contributed by atoms with Crippen LogP contribution in [0.2, 0.25) is 0 Å². The predicted molar refractivity (Wildman–Crippen MR) is 107 cm³/mol. The van der Waals surface area contributed by atoms with Crippen molar-refractivity contribution >= 4 is 11.8 Å². The lowest BCUT2D eigenvalue weighted by Gasteiger charge is -2.36. The molecule has 0 aromatic heterocycles. The minimum absolute atomic E-state index is 0.0159. The zero-order valence-electron chi connectivity index (χ0n) is 17.5. The van der Waals surface area contributed by atoms with Crippen molar-refractivity contribution in [3.63, 3.8) is 0 Å². The van der Waals surface area contributed by atoms with Crippen LogP contribution >= 0.6 is 0 Å². The fourth-order valence-electron chi connectivity index (χ4n) is 4.58. The van der Waals surface area contributed by atoms with Gasteiger partial charge in [0.25, 0.3) is 0 Å². The van der Waals surface area contributed by atoms with Crippen molar-refractivity contribution < 1.29 is 9.59 Å². The Morgan fingerprint density at radius 3 is 2.23 bits per heavy atom. The average molecular weight is 365 g/mol. The number of carbonyl (C=O) groups excluding carboxylic acids is 2. The fraction of sp³-hybridized carbons (Fsp3) is 0.909. The molecule has 0 aromatic carbocycles. The van der Waals surface area contributed by atoms with Gasteiger partial charge in [-0.25, -0.2) is 0 Å². The molecule has 2 aliphatic carbocycles. The van der Waals surface area contributed by atoms with E-state index in [1.807, 2.05) is 0 Å². The van der Waals surface area contributed by atoms with Crippen molar-refractivity contribution in [2.45, 2.75) is 98.1 Å². The van der Waals surface area contributed by atoms with Gasteiger partial charge in [-0.15, -0.1) is 0 Å². The minimum Gasteiger partial charge on any atom is -0.351 e. The molecule has 0 aliphatic heterocycles. The Labute approximate surface area is 160 Å². The summed E-state index contributed by atoms with van der Waals surface area (Å²) in [5.74, 6) is 2.44. The molecule has 0 spiro atoms. The van der Waals surface area contributed by atoms with Crippen molar-refractivity contribution in [2.24, 2.45) is 29.6 Å². The zero-order chi connectivity index (χ0) is 19.3. The van der Waals surface area contributed by atoms with Crippen LogP contribution in [0.25, 0.3) is 0 Å². The maximum atomic E-state index is 12.9. The Balaban J connectivity index is 1.94. The number of nitrogens with one attached hydrogen (secondary N) is 2. The number of hydrogen-bond acceptors (Lipinski definition) is 2. The Morgan fingerprint density at radius 1 is 0.962 bits per heavy atom. The first-order valence-electron chi connectivity index (χ1n) is 10.9. The smallest absolute Gasteiger partial charge is 0.242 e. The summed E-state index contributed by atoms with van der Waals surface area (Å²) >= 11 is 0. The number of rotatable bonds is 6. The first-order chi connectivity index (χ1) is 12.3. The van der Waals surface area contributed by atoms with Gasteiger partial charge in [0.05, 0.1) is 0 Å². The van der Waals surface area contributed by atoms with Crippen molar-refractivity contribution in [2.75, 3.05) is 0 Å². The molecule has 2 N–H and O–H groups in total. The van der Waals surface area contributed by atoms with E-state index in [0.717, 1.165) is 38.0 Å². The van der Waals surface area contributed by atoms with E-state index in [-0.39, 0.29) is 23.8 Å². The van der Waals surface area contributed by atoms with Crippen LogP contribution in [0.4, 0.5) is 0 Å². The summed E-state index contributed by atoms with van der Waals surface area (Å²) in [6, 6.07) is -0.153. The normalized spacial score (nSPS) is 33.5. The van der Waals surface area contributed by atoms with Gasteiger partial charge in [-0.2, -0.15) is 0 Å². The third-order valence-electron chi connectivity index (χ3n) is 6.76. The fourth-order valence-corrected chi connectivity index (χ4v) is 4.58. The average Bonchev–Trinajstić information content (AvgIpc) is 2.58. The van der Waals surface area contributed by atoms with E-state index in [0.29, 0.717) is 24.2 Å². The van der Waals surface area contributed by atoms with Gasteiger partial charge in [-0.1, -0.05) is 47.5 Å². The molecule has 2 fully saturated rings. The number of hydrogen-bond donors (Lipinski definition) is 2. The summed E-state index contributed by atoms with van der Waals surface area (Å²) in [4.78, 5) is 25.7. The van der Waals surface area contributed by atoms with Gasteiger partial charge in [0.2, 0.25) is 11.8 Å². The number of amides is 2. The maximum absolute atomic E-state index is 12.9. The molecule has 150 valence electrons. The molecule has 2 rings (SSSR count). The summed E-state index contributed by atoms with van der Waals surface area (Å²) in [6.45, 7) is 11.0. The molecule has 0 aromatic rings. The van der Waals surface area contributed by atoms with E-state index < -0.39 is 6.04 Å². The lowest BCUT2D eigenvalue weighted by Crippen LogP contribution is -2.53. The van der Waals surface area contributed by atoms with Gasteiger partial charge in [-0.3, -0.25) is 9.59 Å². The second-order valence-electron chi connectivity index (χ2n) is 9.53. The highest BCUT2D eigenvalue weighted by molar-refractivity contribution is 5.88. The van der Waals surface area contributed by atoms with E-state index >= 15 is 0 Å². The van der Waals surface area contributed by atoms with Crippen LogP contribution < -0.4 is 10.6 Å². The van der Waals surface area contributed by atoms with Crippen LogP contribution in [0.3, 0.4) is 0 Å². The quantitative estimate of drug-likeness (QED) is 0.739. The SMILES string of the molecule is CC(C)C[C@H](NC(=O)C1CCC(C)CC1)C(=O)N[C@@H]1CCC[C@H](C)[C@@H]1C. The molecule has 2 saturated carbocycles. The zero-order valence-corrected chi connectivity index (χ0v) is 17.5. The third-order valence-corrected chi connectivity index (χ3v) is 6.76. The molecule has 0 saturated heterocycles. The molecule has 4 heteroatoms. The number of carbonyl (C=O) groups is 2. The highest BCUT2D eigenvalue weighted by atomic mass is 16.2. The molecule has 0 unspecified atom stereocenters. The van der Waals surface area contributed by atoms with E-state index in [2.05, 4.69) is 45.3 Å². The Bertz CT molecular complexity index is 469. The van der Waals surface area contributed by atoms with Crippen LogP contribution in [-0.2, 0) is 9.59 Å². The molecule has 0 heterocycles. The van der Waals surface area contributed by atoms with Crippen LogP contribution in [0.15, 0.2) is 0 Å². The lowest BCUT2D eigenvalue weighted by molar-refractivity contribution is -0.132. The van der Waals surface area contributed by atoms with Gasteiger partial charge in [0.15, 0.2) is 0 Å². The van der Waals surface area contributed by atoms with E-state index in [4.69, 9.17) is 0 Å². The largest absolute Gasteiger partial charge is 0.351 e. The second kappa shape index (κ2) is 9.75. The molecule has 4 nitrogen and oxygen atoms in total. The highest BCUT2D eigenvalue weighted by Gasteiger charge is 2.32. The van der Waals surface area contributed by atoms with Gasteiger partial charge in [0, 0.05) is 12.0 Å². The summed E-state index contributed by atoms with van der Waals surface area (Å²) in [7, 11) is 0. The topological polar surface area (TPSA) is 58.2 Å². The molecule has 0 radical (unpaired) electrons. The van der Waals surface area contributed by atoms with Gasteiger partial charge in [-0.05, 0) is 62.2 Å². The monoisotopic (exact) mass is 364 g/mol. The predicted octanol–water partition coefficient (Wildman–Crippen LogP) is 4.28. The van der Waals surface area contributed by atoms with Crippen molar-refractivity contribution in [1.29, 1.82) is 0 Å². The van der Waals surface area contributed by atoms with E-state index in [1.54, 1.807) is 0 Å². The van der Waals surface area contributed by atoms with Gasteiger partial charge in [0.1, 0.15) is 6.04 Å². The lowest BCUT2D eigenvalue weighted by atomic mass is 9.78. The molecule has 0 bridgehead atoms. The maximum Gasteiger partial charge on any atom is 0.242 e. The molecule has 2 aliphatic rings.